The van der Waals surface area contributed by atoms with Gasteiger partial charge in [0.1, 0.15) is 29.8 Å². The fourth-order valence-electron chi connectivity index (χ4n) is 3.10. The second-order valence-corrected chi connectivity index (χ2v) is 6.96. The maximum Gasteiger partial charge on any atom is 0.332 e. The lowest BCUT2D eigenvalue weighted by Crippen LogP contribution is -2.38. The lowest BCUT2D eigenvalue weighted by Gasteiger charge is -2.14. The van der Waals surface area contributed by atoms with Crippen molar-refractivity contribution in [1.82, 2.24) is 19.4 Å². The molecule has 1 aliphatic heterocycles. The SMILES string of the molecule is Cn1c(=O)c2ccc(C(=O)NCC(O)COc3ccc4c(c3)OCO4)nc2n(C)c1=O. The van der Waals surface area contributed by atoms with Gasteiger partial charge in [-0.1, -0.05) is 0 Å². The van der Waals surface area contributed by atoms with Crippen molar-refractivity contribution in [2.75, 3.05) is 19.9 Å². The van der Waals surface area contributed by atoms with Gasteiger partial charge >= 0.3 is 5.69 Å². The summed E-state index contributed by atoms with van der Waals surface area (Å²) in [6, 6.07) is 7.88. The molecule has 3 heterocycles. The number of hydrogen-bond acceptors (Lipinski definition) is 8. The van der Waals surface area contributed by atoms with Gasteiger partial charge in [0.2, 0.25) is 6.79 Å². The zero-order valence-electron chi connectivity index (χ0n) is 16.8. The van der Waals surface area contributed by atoms with Crippen LogP contribution in [0.15, 0.2) is 39.9 Å². The summed E-state index contributed by atoms with van der Waals surface area (Å²) < 4.78 is 18.2. The van der Waals surface area contributed by atoms with Crippen LogP contribution in [-0.4, -0.2) is 51.2 Å². The van der Waals surface area contributed by atoms with Crippen molar-refractivity contribution < 1.29 is 24.1 Å². The molecule has 0 bridgehead atoms. The first-order chi connectivity index (χ1) is 14.8. The van der Waals surface area contributed by atoms with Crippen LogP contribution in [0.3, 0.4) is 0 Å². The average molecular weight is 428 g/mol. The molecular formula is C20H20N4O7. The Bertz CT molecular complexity index is 1280. The van der Waals surface area contributed by atoms with Crippen molar-refractivity contribution in [3.05, 3.63) is 56.9 Å². The Kier molecular flexibility index (Phi) is 5.34. The van der Waals surface area contributed by atoms with Crippen LogP contribution in [0.25, 0.3) is 11.0 Å². The summed E-state index contributed by atoms with van der Waals surface area (Å²) in [4.78, 5) is 40.8. The van der Waals surface area contributed by atoms with Gasteiger partial charge in [-0.2, -0.15) is 0 Å². The number of carbonyl (C=O) groups is 1. The van der Waals surface area contributed by atoms with Crippen molar-refractivity contribution >= 4 is 16.9 Å². The quantitative estimate of drug-likeness (QED) is 0.538. The molecule has 1 aromatic carbocycles. The number of ether oxygens (including phenoxy) is 3. The summed E-state index contributed by atoms with van der Waals surface area (Å²) >= 11 is 0. The van der Waals surface area contributed by atoms with Crippen molar-refractivity contribution in [2.45, 2.75) is 6.10 Å². The van der Waals surface area contributed by atoms with E-state index in [-0.39, 0.29) is 36.7 Å². The van der Waals surface area contributed by atoms with Crippen molar-refractivity contribution in [1.29, 1.82) is 0 Å². The summed E-state index contributed by atoms with van der Waals surface area (Å²) in [5, 5.41) is 12.9. The molecule has 0 radical (unpaired) electrons. The van der Waals surface area contributed by atoms with Crippen LogP contribution in [0.4, 0.5) is 0 Å². The second-order valence-electron chi connectivity index (χ2n) is 6.96. The van der Waals surface area contributed by atoms with Crippen molar-refractivity contribution in [3.8, 4) is 17.2 Å². The van der Waals surface area contributed by atoms with Gasteiger partial charge in [0.15, 0.2) is 11.5 Å². The molecule has 2 N–H and O–H groups in total. The Balaban J connectivity index is 1.38. The van der Waals surface area contributed by atoms with E-state index in [2.05, 4.69) is 10.3 Å². The lowest BCUT2D eigenvalue weighted by molar-refractivity contribution is 0.0840. The topological polar surface area (TPSA) is 134 Å². The van der Waals surface area contributed by atoms with E-state index in [1.165, 1.54) is 30.8 Å². The van der Waals surface area contributed by atoms with E-state index in [4.69, 9.17) is 14.2 Å². The number of nitrogens with zero attached hydrogens (tertiary/aromatic N) is 3. The van der Waals surface area contributed by atoms with E-state index in [9.17, 15) is 19.5 Å². The third kappa shape index (κ3) is 3.94. The summed E-state index contributed by atoms with van der Waals surface area (Å²) in [5.74, 6) is 1.12. The third-order valence-corrected chi connectivity index (χ3v) is 4.82. The lowest BCUT2D eigenvalue weighted by atomic mass is 10.2. The number of aliphatic hydroxyl groups is 1. The first-order valence-corrected chi connectivity index (χ1v) is 9.40. The number of aryl methyl sites for hydroxylation is 1. The van der Waals surface area contributed by atoms with Gasteiger partial charge in [-0.3, -0.25) is 18.7 Å². The molecule has 11 nitrogen and oxygen atoms in total. The molecule has 4 rings (SSSR count). The molecule has 1 amide bonds. The number of hydrogen-bond donors (Lipinski definition) is 2. The Labute approximate surface area is 175 Å². The molecule has 11 heteroatoms. The maximum absolute atomic E-state index is 12.4. The molecule has 0 spiro atoms. The molecule has 0 fully saturated rings. The van der Waals surface area contributed by atoms with E-state index in [0.717, 1.165) is 4.57 Å². The largest absolute Gasteiger partial charge is 0.491 e. The minimum absolute atomic E-state index is 0.0136. The van der Waals surface area contributed by atoms with E-state index in [1.54, 1.807) is 18.2 Å². The van der Waals surface area contributed by atoms with Crippen molar-refractivity contribution in [3.63, 3.8) is 0 Å². The van der Waals surface area contributed by atoms with Crippen LogP contribution in [0.5, 0.6) is 17.2 Å². The van der Waals surface area contributed by atoms with Crippen LogP contribution in [-0.2, 0) is 14.1 Å². The van der Waals surface area contributed by atoms with E-state index in [1.807, 2.05) is 0 Å². The summed E-state index contributed by atoms with van der Waals surface area (Å²) in [7, 11) is 2.84. The van der Waals surface area contributed by atoms with Gasteiger partial charge in [-0.05, 0) is 24.3 Å². The number of nitrogens with one attached hydrogen (secondary N) is 1. The van der Waals surface area contributed by atoms with Crippen LogP contribution >= 0.6 is 0 Å². The first-order valence-electron chi connectivity index (χ1n) is 9.40. The van der Waals surface area contributed by atoms with Crippen LogP contribution in [0.2, 0.25) is 0 Å². The summed E-state index contributed by atoms with van der Waals surface area (Å²) in [6.07, 6.45) is -0.980. The minimum Gasteiger partial charge on any atom is -0.491 e. The Hall–Kier alpha value is -3.86. The van der Waals surface area contributed by atoms with Gasteiger partial charge in [0.05, 0.1) is 5.39 Å². The smallest absolute Gasteiger partial charge is 0.332 e. The standard InChI is InChI=1S/C20H20N4O7/c1-23-17-13(19(27)24(2)20(23)28)4-5-14(22-17)18(26)21-8-11(25)9-29-12-3-6-15-16(7-12)31-10-30-15/h3-7,11,25H,8-10H2,1-2H3,(H,21,26). The van der Waals surface area contributed by atoms with Gasteiger partial charge in [-0.15, -0.1) is 0 Å². The number of fused-ring (bicyclic) bond motifs is 2. The van der Waals surface area contributed by atoms with E-state index in [0.29, 0.717) is 17.2 Å². The summed E-state index contributed by atoms with van der Waals surface area (Å²) in [5.41, 5.74) is -0.917. The van der Waals surface area contributed by atoms with Crippen LogP contribution < -0.4 is 30.8 Å². The first kappa shape index (κ1) is 20.4. The number of aliphatic hydroxyl groups excluding tert-OH is 1. The number of benzene rings is 1. The number of aromatic nitrogens is 3. The number of rotatable bonds is 6. The predicted octanol–water partition coefficient (Wildman–Crippen LogP) is -0.469. The van der Waals surface area contributed by atoms with E-state index >= 15 is 0 Å². The molecule has 162 valence electrons. The number of carbonyl (C=O) groups excluding carboxylic acids is 1. The third-order valence-electron chi connectivity index (χ3n) is 4.82. The molecule has 1 unspecified atom stereocenters. The number of pyridine rings is 1. The van der Waals surface area contributed by atoms with Crippen molar-refractivity contribution in [2.24, 2.45) is 14.1 Å². The predicted molar refractivity (Wildman–Crippen MR) is 109 cm³/mol. The number of amides is 1. The highest BCUT2D eigenvalue weighted by Gasteiger charge is 2.16. The Morgan fingerprint density at radius 2 is 1.97 bits per heavy atom. The minimum atomic E-state index is -0.980. The van der Waals surface area contributed by atoms with Gasteiger partial charge in [-0.25, -0.2) is 9.78 Å². The van der Waals surface area contributed by atoms with Gasteiger partial charge < -0.3 is 24.6 Å². The van der Waals surface area contributed by atoms with E-state index < -0.39 is 23.3 Å². The maximum atomic E-state index is 12.4. The second kappa shape index (κ2) is 8.11. The Morgan fingerprint density at radius 3 is 2.77 bits per heavy atom. The molecule has 3 aromatic rings. The molecule has 0 aliphatic carbocycles. The molecule has 31 heavy (non-hydrogen) atoms. The highest BCUT2D eigenvalue weighted by atomic mass is 16.7. The van der Waals surface area contributed by atoms with Gasteiger partial charge in [0, 0.05) is 26.7 Å². The molecule has 0 saturated heterocycles. The Morgan fingerprint density at radius 1 is 1.19 bits per heavy atom. The molecular weight excluding hydrogens is 408 g/mol. The van der Waals surface area contributed by atoms with Crippen LogP contribution in [0.1, 0.15) is 10.5 Å². The zero-order valence-corrected chi connectivity index (χ0v) is 16.8. The summed E-state index contributed by atoms with van der Waals surface area (Å²) in [6.45, 7) is 0.00713. The molecule has 0 saturated carbocycles. The molecule has 1 aliphatic rings. The normalized spacial score (nSPS) is 13.3. The highest BCUT2D eigenvalue weighted by molar-refractivity contribution is 5.94. The monoisotopic (exact) mass is 428 g/mol. The fourth-order valence-corrected chi connectivity index (χ4v) is 3.10. The average Bonchev–Trinajstić information content (AvgIpc) is 3.26. The van der Waals surface area contributed by atoms with Gasteiger partial charge in [0.25, 0.3) is 11.5 Å². The van der Waals surface area contributed by atoms with Crippen LogP contribution in [0, 0.1) is 0 Å². The highest BCUT2D eigenvalue weighted by Crippen LogP contribution is 2.35. The zero-order chi connectivity index (χ0) is 22.1. The fraction of sp³-hybridized carbons (Fsp3) is 0.300. The molecule has 2 aromatic heterocycles. The molecule has 1 atom stereocenters.